The summed E-state index contributed by atoms with van der Waals surface area (Å²) in [5.41, 5.74) is 2.40. The van der Waals surface area contributed by atoms with Crippen molar-refractivity contribution in [3.8, 4) is 0 Å². The van der Waals surface area contributed by atoms with Crippen LogP contribution in [0.15, 0.2) is 48.5 Å². The topological polar surface area (TPSA) is 83.1 Å². The van der Waals surface area contributed by atoms with E-state index in [1.807, 2.05) is 42.5 Å². The lowest BCUT2D eigenvalue weighted by Gasteiger charge is -2.07. The molecule has 3 N–H and O–H groups in total. The van der Waals surface area contributed by atoms with Crippen molar-refractivity contribution in [3.63, 3.8) is 0 Å². The minimum Gasteiger partial charge on any atom is -0.326 e. The lowest BCUT2D eigenvalue weighted by Crippen LogP contribution is -2.35. The number of hydrogen-bond donors (Lipinski definition) is 3. The molecule has 2 amide bonds. The molecule has 0 radical (unpaired) electrons. The zero-order chi connectivity index (χ0) is 18.5. The average Bonchev–Trinajstić information content (AvgIpc) is 2.96. The van der Waals surface area contributed by atoms with E-state index >= 15 is 0 Å². The average molecular weight is 384 g/mol. The Balaban J connectivity index is 1.61. The molecule has 0 atom stereocenters. The maximum atomic E-state index is 12.0. The second-order valence-corrected chi connectivity index (χ2v) is 6.99. The largest absolute Gasteiger partial charge is 0.326 e. The second-order valence-electron chi connectivity index (χ2n) is 5.55. The number of rotatable bonds is 4. The summed E-state index contributed by atoms with van der Waals surface area (Å²) < 4.78 is 0.900. The molecule has 3 rings (SSSR count). The van der Waals surface area contributed by atoms with Gasteiger partial charge in [-0.1, -0.05) is 41.7 Å². The first-order chi connectivity index (χ1) is 12.5. The summed E-state index contributed by atoms with van der Waals surface area (Å²) in [6, 6.07) is 14.9. The van der Waals surface area contributed by atoms with Gasteiger partial charge in [-0.2, -0.15) is 0 Å². The van der Waals surface area contributed by atoms with Gasteiger partial charge >= 0.3 is 0 Å². The first-order valence-electron chi connectivity index (χ1n) is 7.82. The number of nitrogens with one attached hydrogen (secondary N) is 3. The summed E-state index contributed by atoms with van der Waals surface area (Å²) in [4.78, 5) is 27.6. The first kappa shape index (κ1) is 18.0. The second kappa shape index (κ2) is 8.03. The molecule has 0 unspecified atom stereocenters. The van der Waals surface area contributed by atoms with Crippen molar-refractivity contribution in [2.24, 2.45) is 0 Å². The molecule has 0 aliphatic carbocycles. The van der Waals surface area contributed by atoms with Gasteiger partial charge in [0.25, 0.3) is 0 Å². The molecule has 1 aromatic heterocycles. The van der Waals surface area contributed by atoms with Gasteiger partial charge in [0.15, 0.2) is 10.2 Å². The summed E-state index contributed by atoms with van der Waals surface area (Å²) in [7, 11) is 0. The highest BCUT2D eigenvalue weighted by Gasteiger charge is 2.09. The van der Waals surface area contributed by atoms with Crippen LogP contribution >= 0.6 is 23.6 Å². The Morgan fingerprint density at radius 1 is 1.12 bits per heavy atom. The first-order valence-corrected chi connectivity index (χ1v) is 9.05. The quantitative estimate of drug-likeness (QED) is 0.601. The van der Waals surface area contributed by atoms with Gasteiger partial charge in [0.2, 0.25) is 11.8 Å². The van der Waals surface area contributed by atoms with Crippen molar-refractivity contribution in [2.45, 2.75) is 13.3 Å². The molecule has 1 heterocycles. The number of carbonyl (C=O) groups is 2. The predicted molar refractivity (Wildman–Crippen MR) is 108 cm³/mol. The Kier molecular flexibility index (Phi) is 5.55. The maximum Gasteiger partial charge on any atom is 0.230 e. The van der Waals surface area contributed by atoms with Crippen LogP contribution in [-0.4, -0.2) is 21.9 Å². The zero-order valence-electron chi connectivity index (χ0n) is 13.9. The van der Waals surface area contributed by atoms with E-state index in [2.05, 4.69) is 20.9 Å². The number of aromatic nitrogens is 1. The highest BCUT2D eigenvalue weighted by atomic mass is 32.1. The van der Waals surface area contributed by atoms with Gasteiger partial charge in [0, 0.05) is 12.6 Å². The summed E-state index contributed by atoms with van der Waals surface area (Å²) >= 11 is 6.57. The number of nitrogens with zero attached hydrogens (tertiary/aromatic N) is 1. The summed E-state index contributed by atoms with van der Waals surface area (Å²) in [6.07, 6.45) is 0.253. The van der Waals surface area contributed by atoms with E-state index < -0.39 is 0 Å². The van der Waals surface area contributed by atoms with Gasteiger partial charge < -0.3 is 16.0 Å². The van der Waals surface area contributed by atoms with Gasteiger partial charge in [0.05, 0.1) is 16.6 Å². The van der Waals surface area contributed by atoms with Crippen molar-refractivity contribution in [1.82, 2.24) is 10.3 Å². The van der Waals surface area contributed by atoms with E-state index in [9.17, 15) is 9.59 Å². The van der Waals surface area contributed by atoms with Crippen molar-refractivity contribution < 1.29 is 9.59 Å². The van der Waals surface area contributed by atoms with Crippen LogP contribution in [0.3, 0.4) is 0 Å². The minimum absolute atomic E-state index is 0.130. The van der Waals surface area contributed by atoms with E-state index in [1.165, 1.54) is 18.3 Å². The number of thiazole rings is 1. The maximum absolute atomic E-state index is 12.0. The lowest BCUT2D eigenvalue weighted by atomic mass is 10.1. The zero-order valence-corrected chi connectivity index (χ0v) is 15.5. The minimum atomic E-state index is -0.192. The molecule has 0 aliphatic heterocycles. The number of anilines is 2. The van der Waals surface area contributed by atoms with E-state index in [-0.39, 0.29) is 23.3 Å². The molecule has 0 saturated heterocycles. The van der Waals surface area contributed by atoms with Gasteiger partial charge in [0.1, 0.15) is 0 Å². The monoisotopic (exact) mass is 384 g/mol. The van der Waals surface area contributed by atoms with Gasteiger partial charge in [-0.05, 0) is 36.0 Å². The van der Waals surface area contributed by atoms with Crippen molar-refractivity contribution in [1.29, 1.82) is 0 Å². The van der Waals surface area contributed by atoms with Crippen molar-refractivity contribution in [2.75, 3.05) is 10.6 Å². The summed E-state index contributed by atoms with van der Waals surface area (Å²) in [5, 5.41) is 9.09. The Morgan fingerprint density at radius 3 is 2.62 bits per heavy atom. The number of hydrogen-bond acceptors (Lipinski definition) is 5. The number of thiocarbonyl (C=S) groups is 1. The molecule has 8 heteroatoms. The fraction of sp³-hybridized carbons (Fsp3) is 0.111. The van der Waals surface area contributed by atoms with Crippen LogP contribution < -0.4 is 16.0 Å². The Hall–Kier alpha value is -2.84. The Morgan fingerprint density at radius 2 is 1.88 bits per heavy atom. The molecule has 0 saturated carbocycles. The Labute approximate surface area is 159 Å². The van der Waals surface area contributed by atoms with Crippen molar-refractivity contribution >= 4 is 61.5 Å². The summed E-state index contributed by atoms with van der Waals surface area (Å²) in [5.74, 6) is -0.322. The van der Waals surface area contributed by atoms with Crippen LogP contribution in [0, 0.1) is 0 Å². The van der Waals surface area contributed by atoms with Crippen LogP contribution in [0.4, 0.5) is 10.8 Å². The number of fused-ring (bicyclic) bond motifs is 1. The Bertz CT molecular complexity index is 970. The van der Waals surface area contributed by atoms with Gasteiger partial charge in [-0.15, -0.1) is 0 Å². The highest BCUT2D eigenvalue weighted by molar-refractivity contribution is 7.80. The third-order valence-electron chi connectivity index (χ3n) is 3.39. The normalized spacial score (nSPS) is 10.3. The molecule has 2 aromatic carbocycles. The molecule has 0 aliphatic rings. The van der Waals surface area contributed by atoms with Gasteiger partial charge in [-0.3, -0.25) is 9.59 Å². The number of carbonyl (C=O) groups excluding carboxylic acids is 2. The number of amides is 2. The molecule has 0 fully saturated rings. The van der Waals surface area contributed by atoms with Crippen LogP contribution in [0.1, 0.15) is 12.5 Å². The smallest absolute Gasteiger partial charge is 0.230 e. The highest BCUT2D eigenvalue weighted by Crippen LogP contribution is 2.28. The van der Waals surface area contributed by atoms with E-state index in [0.717, 1.165) is 15.8 Å². The van der Waals surface area contributed by atoms with Crippen LogP contribution in [0.25, 0.3) is 10.2 Å². The fourth-order valence-electron chi connectivity index (χ4n) is 2.34. The van der Waals surface area contributed by atoms with Crippen LogP contribution in [0.5, 0.6) is 0 Å². The predicted octanol–water partition coefficient (Wildman–Crippen LogP) is 3.31. The third-order valence-corrected chi connectivity index (χ3v) is 4.53. The van der Waals surface area contributed by atoms with Crippen molar-refractivity contribution in [3.05, 3.63) is 54.1 Å². The van der Waals surface area contributed by atoms with E-state index in [1.54, 1.807) is 6.07 Å². The number of benzene rings is 2. The molecule has 3 aromatic rings. The molecule has 0 spiro atoms. The molecular weight excluding hydrogens is 368 g/mol. The standard InChI is InChI=1S/C18H16N4O2S2/c1-11(23)19-13-7-8-14-15(10-13)26-18(20-14)22-17(25)21-16(24)9-12-5-3-2-4-6-12/h2-8,10H,9H2,1H3,(H,19,23)(H2,20,21,22,24,25). The fourth-order valence-corrected chi connectivity index (χ4v) is 3.52. The molecule has 6 nitrogen and oxygen atoms in total. The van der Waals surface area contributed by atoms with Crippen LogP contribution in [0.2, 0.25) is 0 Å². The molecular formula is C18H16N4O2S2. The molecule has 132 valence electrons. The third kappa shape index (κ3) is 4.84. The van der Waals surface area contributed by atoms with E-state index in [0.29, 0.717) is 10.8 Å². The molecule has 26 heavy (non-hydrogen) atoms. The molecule has 0 bridgehead atoms. The van der Waals surface area contributed by atoms with Crippen LogP contribution in [-0.2, 0) is 16.0 Å². The van der Waals surface area contributed by atoms with Gasteiger partial charge in [-0.25, -0.2) is 4.98 Å². The SMILES string of the molecule is CC(=O)Nc1ccc2nc(NC(=S)NC(=O)Cc3ccccc3)sc2c1. The van der Waals surface area contributed by atoms with E-state index in [4.69, 9.17) is 12.2 Å². The summed E-state index contributed by atoms with van der Waals surface area (Å²) in [6.45, 7) is 1.46. The lowest BCUT2D eigenvalue weighted by molar-refractivity contribution is -0.119.